The van der Waals surface area contributed by atoms with Crippen LogP contribution in [0, 0.1) is 0 Å². The number of ether oxygens (including phenoxy) is 1. The molecule has 0 saturated heterocycles. The van der Waals surface area contributed by atoms with Crippen LogP contribution in [0.25, 0.3) is 0 Å². The number of aliphatic hydroxyl groups excluding tert-OH is 1. The zero-order valence-corrected chi connectivity index (χ0v) is 10.7. The molecule has 0 aliphatic rings. The molecule has 0 unspecified atom stereocenters. The summed E-state index contributed by atoms with van der Waals surface area (Å²) in [7, 11) is 0. The van der Waals surface area contributed by atoms with Crippen LogP contribution in [-0.2, 0) is 0 Å². The average Bonchev–Trinajstić information content (AvgIpc) is 2.22. The predicted molar refractivity (Wildman–Crippen MR) is 67.8 cm³/mol. The van der Waals surface area contributed by atoms with Crippen molar-refractivity contribution in [3.8, 4) is 5.75 Å². The van der Waals surface area contributed by atoms with Gasteiger partial charge in [-0.05, 0) is 12.5 Å². The van der Waals surface area contributed by atoms with Crippen LogP contribution in [0.15, 0.2) is 24.8 Å². The van der Waals surface area contributed by atoms with E-state index in [1.165, 1.54) is 12.1 Å². The Morgan fingerprint density at radius 3 is 2.50 bits per heavy atom. The molecule has 0 fully saturated rings. The van der Waals surface area contributed by atoms with Gasteiger partial charge in [-0.2, -0.15) is 0 Å². The molecule has 0 amide bonds. The van der Waals surface area contributed by atoms with Crippen molar-refractivity contribution in [1.29, 1.82) is 0 Å². The van der Waals surface area contributed by atoms with E-state index < -0.39 is 6.10 Å². The Bertz CT molecular complexity index is 380. The summed E-state index contributed by atoms with van der Waals surface area (Å²) < 4.78 is 5.31. The van der Waals surface area contributed by atoms with E-state index in [9.17, 15) is 5.11 Å². The Kier molecular flexibility index (Phi) is 5.42. The molecule has 88 valence electrons. The lowest BCUT2D eigenvalue weighted by molar-refractivity contribution is 0.110. The van der Waals surface area contributed by atoms with Crippen LogP contribution in [0.5, 0.6) is 5.75 Å². The Hall–Kier alpha value is -0.410. The summed E-state index contributed by atoms with van der Waals surface area (Å²) >= 11 is 17.5. The van der Waals surface area contributed by atoms with E-state index in [0.29, 0.717) is 27.2 Å². The minimum atomic E-state index is -0.608. The van der Waals surface area contributed by atoms with Gasteiger partial charge in [0.05, 0.1) is 21.2 Å². The number of hydrogen-bond donors (Lipinski definition) is 1. The second-order valence-electron chi connectivity index (χ2n) is 3.19. The standard InChI is InChI=1S/C11H11Cl3O2/c1-2-3-7(15)6-16-11-5-9(13)8(12)4-10(11)14/h2,4-5,7,15H,1,3,6H2/t7-/m0/s1. The molecule has 1 rings (SSSR count). The fraction of sp³-hybridized carbons (Fsp3) is 0.273. The molecule has 1 aromatic carbocycles. The van der Waals surface area contributed by atoms with Crippen molar-refractivity contribution in [3.05, 3.63) is 39.9 Å². The van der Waals surface area contributed by atoms with E-state index >= 15 is 0 Å². The molecule has 1 aromatic rings. The lowest BCUT2D eigenvalue weighted by Gasteiger charge is -2.12. The summed E-state index contributed by atoms with van der Waals surface area (Å²) in [6, 6.07) is 3.02. The van der Waals surface area contributed by atoms with Crippen molar-refractivity contribution in [1.82, 2.24) is 0 Å². The summed E-state index contributed by atoms with van der Waals surface area (Å²) in [4.78, 5) is 0. The van der Waals surface area contributed by atoms with Gasteiger partial charge >= 0.3 is 0 Å². The fourth-order valence-electron chi connectivity index (χ4n) is 1.06. The van der Waals surface area contributed by atoms with Crippen LogP contribution in [0.4, 0.5) is 0 Å². The molecule has 1 N–H and O–H groups in total. The summed E-state index contributed by atoms with van der Waals surface area (Å²) in [5, 5.41) is 10.5. The minimum absolute atomic E-state index is 0.129. The molecule has 0 aromatic heterocycles. The monoisotopic (exact) mass is 280 g/mol. The normalized spacial score (nSPS) is 12.2. The summed E-state index contributed by atoms with van der Waals surface area (Å²) in [5.74, 6) is 0.402. The van der Waals surface area contributed by atoms with Gasteiger partial charge in [0.15, 0.2) is 0 Å². The highest BCUT2D eigenvalue weighted by atomic mass is 35.5. The number of aliphatic hydroxyl groups is 1. The number of rotatable bonds is 5. The molecule has 0 radical (unpaired) electrons. The highest BCUT2D eigenvalue weighted by Crippen LogP contribution is 2.33. The first-order chi connectivity index (χ1) is 7.54. The van der Waals surface area contributed by atoms with Gasteiger partial charge in [-0.1, -0.05) is 40.9 Å². The smallest absolute Gasteiger partial charge is 0.139 e. The van der Waals surface area contributed by atoms with Crippen LogP contribution in [0.1, 0.15) is 6.42 Å². The maximum atomic E-state index is 9.43. The molecule has 16 heavy (non-hydrogen) atoms. The van der Waals surface area contributed by atoms with Gasteiger partial charge in [-0.3, -0.25) is 0 Å². The van der Waals surface area contributed by atoms with Gasteiger partial charge in [0.2, 0.25) is 0 Å². The van der Waals surface area contributed by atoms with E-state index in [-0.39, 0.29) is 6.61 Å². The predicted octanol–water partition coefficient (Wildman–Crippen LogP) is 3.96. The van der Waals surface area contributed by atoms with Crippen LogP contribution in [0.3, 0.4) is 0 Å². The Balaban J connectivity index is 2.67. The number of halogens is 3. The van der Waals surface area contributed by atoms with Gasteiger partial charge in [0.1, 0.15) is 12.4 Å². The summed E-state index contributed by atoms with van der Waals surface area (Å²) in [6.45, 7) is 3.65. The lowest BCUT2D eigenvalue weighted by Crippen LogP contribution is -2.16. The molecule has 2 nitrogen and oxygen atoms in total. The topological polar surface area (TPSA) is 29.5 Å². The largest absolute Gasteiger partial charge is 0.489 e. The van der Waals surface area contributed by atoms with Crippen LogP contribution in [-0.4, -0.2) is 17.8 Å². The van der Waals surface area contributed by atoms with E-state index in [1.54, 1.807) is 6.08 Å². The van der Waals surface area contributed by atoms with E-state index in [0.717, 1.165) is 0 Å². The Morgan fingerprint density at radius 2 is 1.88 bits per heavy atom. The first-order valence-corrected chi connectivity index (χ1v) is 5.74. The third-order valence-corrected chi connectivity index (χ3v) is 2.86. The molecule has 0 aliphatic carbocycles. The first kappa shape index (κ1) is 13.7. The average molecular weight is 282 g/mol. The third kappa shape index (κ3) is 3.87. The van der Waals surface area contributed by atoms with Crippen molar-refractivity contribution in [3.63, 3.8) is 0 Å². The molecule has 1 atom stereocenters. The van der Waals surface area contributed by atoms with Gasteiger partial charge in [0.25, 0.3) is 0 Å². The van der Waals surface area contributed by atoms with Gasteiger partial charge < -0.3 is 9.84 Å². The number of hydrogen-bond acceptors (Lipinski definition) is 2. The van der Waals surface area contributed by atoms with Crippen molar-refractivity contribution < 1.29 is 9.84 Å². The second kappa shape index (κ2) is 6.36. The Labute approximate surface area is 109 Å². The summed E-state index contributed by atoms with van der Waals surface area (Å²) in [6.07, 6.45) is 1.46. The van der Waals surface area contributed by atoms with Crippen LogP contribution >= 0.6 is 34.8 Å². The molecule has 0 heterocycles. The maximum absolute atomic E-state index is 9.43. The fourth-order valence-corrected chi connectivity index (χ4v) is 1.65. The van der Waals surface area contributed by atoms with Crippen molar-refractivity contribution in [2.24, 2.45) is 0 Å². The molecular weight excluding hydrogens is 270 g/mol. The second-order valence-corrected chi connectivity index (χ2v) is 4.41. The molecular formula is C11H11Cl3O2. The molecule has 5 heteroatoms. The van der Waals surface area contributed by atoms with E-state index in [1.807, 2.05) is 0 Å². The van der Waals surface area contributed by atoms with Crippen molar-refractivity contribution in [2.45, 2.75) is 12.5 Å². The highest BCUT2D eigenvalue weighted by molar-refractivity contribution is 6.43. The molecule has 0 saturated carbocycles. The zero-order chi connectivity index (χ0) is 12.1. The molecule has 0 aliphatic heterocycles. The number of benzene rings is 1. The molecule has 0 spiro atoms. The SMILES string of the molecule is C=CC[C@H](O)COc1cc(Cl)c(Cl)cc1Cl. The third-order valence-electron chi connectivity index (χ3n) is 1.84. The minimum Gasteiger partial charge on any atom is -0.489 e. The zero-order valence-electron chi connectivity index (χ0n) is 8.42. The van der Waals surface area contributed by atoms with E-state index in [2.05, 4.69) is 6.58 Å². The Morgan fingerprint density at radius 1 is 1.25 bits per heavy atom. The molecule has 0 bridgehead atoms. The van der Waals surface area contributed by atoms with Gasteiger partial charge in [-0.25, -0.2) is 0 Å². The van der Waals surface area contributed by atoms with Crippen LogP contribution in [0.2, 0.25) is 15.1 Å². The van der Waals surface area contributed by atoms with Gasteiger partial charge in [0, 0.05) is 6.07 Å². The van der Waals surface area contributed by atoms with Crippen LogP contribution < -0.4 is 4.74 Å². The summed E-state index contributed by atoms with van der Waals surface area (Å²) in [5.41, 5.74) is 0. The van der Waals surface area contributed by atoms with Crippen molar-refractivity contribution in [2.75, 3.05) is 6.61 Å². The quantitative estimate of drug-likeness (QED) is 0.654. The first-order valence-electron chi connectivity index (χ1n) is 4.61. The highest BCUT2D eigenvalue weighted by Gasteiger charge is 2.09. The lowest BCUT2D eigenvalue weighted by atomic mass is 10.2. The van der Waals surface area contributed by atoms with Gasteiger partial charge in [-0.15, -0.1) is 6.58 Å². The maximum Gasteiger partial charge on any atom is 0.139 e. The van der Waals surface area contributed by atoms with Crippen molar-refractivity contribution >= 4 is 34.8 Å². The van der Waals surface area contributed by atoms with E-state index in [4.69, 9.17) is 39.5 Å².